The maximum Gasteiger partial charge on any atom is 0.317 e. The molecule has 0 unspecified atom stereocenters. The van der Waals surface area contributed by atoms with Crippen LogP contribution < -0.4 is 5.32 Å². The minimum Gasteiger partial charge on any atom is -0.336 e. The highest BCUT2D eigenvalue weighted by Crippen LogP contribution is 2.19. The maximum absolute atomic E-state index is 11.7. The summed E-state index contributed by atoms with van der Waals surface area (Å²) in [4.78, 5) is 25.0. The first kappa shape index (κ1) is 13.0. The molecule has 4 nitrogen and oxygen atoms in total. The fraction of sp³-hybridized carbons (Fsp3) is 0.833. The highest BCUT2D eigenvalue weighted by Gasteiger charge is 2.26. The Morgan fingerprint density at radius 1 is 1.31 bits per heavy atom. The molecule has 1 aliphatic heterocycles. The van der Waals surface area contributed by atoms with E-state index in [-0.39, 0.29) is 18.0 Å². The first-order valence-electron chi connectivity index (χ1n) is 6.12. The Hall–Kier alpha value is -1.06. The number of likely N-dealkylation sites (tertiary alicyclic amines) is 1. The average molecular weight is 226 g/mol. The van der Waals surface area contributed by atoms with Crippen molar-refractivity contribution in [2.75, 3.05) is 13.1 Å². The minimum absolute atomic E-state index is 0.00241. The number of nitrogens with one attached hydrogen (secondary N) is 1. The zero-order valence-corrected chi connectivity index (χ0v) is 10.5. The summed E-state index contributed by atoms with van der Waals surface area (Å²) in [6.45, 7) is 7.21. The summed E-state index contributed by atoms with van der Waals surface area (Å²) in [5.41, 5.74) is 0. The number of Topliss-reactive ketones (excluding diaryl/α,β-unsaturated/α-hetero) is 1. The average Bonchev–Trinajstić information content (AvgIpc) is 2.27. The molecule has 0 aliphatic carbocycles. The van der Waals surface area contributed by atoms with Crippen LogP contribution in [0.2, 0.25) is 0 Å². The van der Waals surface area contributed by atoms with E-state index < -0.39 is 0 Å². The molecule has 0 bridgehead atoms. The zero-order chi connectivity index (χ0) is 12.1. The summed E-state index contributed by atoms with van der Waals surface area (Å²) in [5, 5.41) is 2.87. The lowest BCUT2D eigenvalue weighted by atomic mass is 9.91. The van der Waals surface area contributed by atoms with Crippen molar-refractivity contribution in [3.8, 4) is 0 Å². The van der Waals surface area contributed by atoms with Gasteiger partial charge in [0, 0.05) is 31.5 Å². The van der Waals surface area contributed by atoms with Crippen molar-refractivity contribution in [2.45, 2.75) is 46.1 Å². The molecule has 1 aliphatic rings. The van der Waals surface area contributed by atoms with Crippen LogP contribution in [0.5, 0.6) is 0 Å². The number of ketones is 1. The van der Waals surface area contributed by atoms with Crippen molar-refractivity contribution in [1.29, 1.82) is 0 Å². The van der Waals surface area contributed by atoms with Crippen molar-refractivity contribution in [3.05, 3.63) is 0 Å². The second kappa shape index (κ2) is 5.87. The molecule has 0 spiro atoms. The van der Waals surface area contributed by atoms with Gasteiger partial charge in [0.1, 0.15) is 5.78 Å². The van der Waals surface area contributed by atoms with Crippen LogP contribution in [0.1, 0.15) is 40.0 Å². The maximum atomic E-state index is 11.7. The predicted octanol–water partition coefficient (Wildman–Crippen LogP) is 1.80. The molecule has 0 aromatic carbocycles. The molecule has 0 aromatic rings. The normalized spacial score (nSPS) is 17.6. The van der Waals surface area contributed by atoms with E-state index in [1.165, 1.54) is 0 Å². The van der Waals surface area contributed by atoms with Gasteiger partial charge in [-0.05, 0) is 26.7 Å². The molecule has 1 fully saturated rings. The Labute approximate surface area is 97.4 Å². The van der Waals surface area contributed by atoms with Crippen molar-refractivity contribution in [1.82, 2.24) is 10.2 Å². The van der Waals surface area contributed by atoms with Gasteiger partial charge < -0.3 is 10.2 Å². The number of carbonyl (C=O) groups is 2. The number of rotatable bonds is 3. The predicted molar refractivity (Wildman–Crippen MR) is 63.3 cm³/mol. The largest absolute Gasteiger partial charge is 0.336 e. The third kappa shape index (κ3) is 3.51. The van der Waals surface area contributed by atoms with Gasteiger partial charge in [-0.1, -0.05) is 6.92 Å². The van der Waals surface area contributed by atoms with Gasteiger partial charge in [0.05, 0.1) is 0 Å². The molecule has 0 saturated carbocycles. The lowest BCUT2D eigenvalue weighted by Gasteiger charge is -2.31. The molecule has 1 saturated heterocycles. The third-order valence-corrected chi connectivity index (χ3v) is 3.00. The van der Waals surface area contributed by atoms with E-state index in [0.717, 1.165) is 12.8 Å². The third-order valence-electron chi connectivity index (χ3n) is 3.00. The Morgan fingerprint density at radius 3 is 2.31 bits per heavy atom. The molecular formula is C12H22N2O2. The molecule has 1 N–H and O–H groups in total. The Kier molecular flexibility index (Phi) is 4.77. The van der Waals surface area contributed by atoms with Crippen LogP contribution in [0.3, 0.4) is 0 Å². The van der Waals surface area contributed by atoms with Crippen molar-refractivity contribution < 1.29 is 9.59 Å². The second-order valence-corrected chi connectivity index (χ2v) is 4.69. The van der Waals surface area contributed by atoms with E-state index in [2.05, 4.69) is 5.32 Å². The quantitative estimate of drug-likeness (QED) is 0.797. The van der Waals surface area contributed by atoms with Crippen LogP contribution in [0.15, 0.2) is 0 Å². The molecule has 0 atom stereocenters. The Balaban J connectivity index is 2.37. The summed E-state index contributed by atoms with van der Waals surface area (Å²) < 4.78 is 0. The molecular weight excluding hydrogens is 204 g/mol. The minimum atomic E-state index is -0.00241. The summed E-state index contributed by atoms with van der Waals surface area (Å²) >= 11 is 0. The van der Waals surface area contributed by atoms with E-state index in [1.54, 1.807) is 4.90 Å². The smallest absolute Gasteiger partial charge is 0.317 e. The first-order chi connectivity index (χ1) is 7.54. The molecule has 1 heterocycles. The summed E-state index contributed by atoms with van der Waals surface area (Å²) in [6.07, 6.45) is 2.25. The highest BCUT2D eigenvalue weighted by atomic mass is 16.2. The summed E-state index contributed by atoms with van der Waals surface area (Å²) in [6, 6.07) is 0.167. The van der Waals surface area contributed by atoms with Crippen LogP contribution >= 0.6 is 0 Å². The van der Waals surface area contributed by atoms with E-state index in [9.17, 15) is 9.59 Å². The number of hydrogen-bond donors (Lipinski definition) is 1. The number of nitrogens with zero attached hydrogens (tertiary/aromatic N) is 1. The van der Waals surface area contributed by atoms with Crippen LogP contribution in [-0.4, -0.2) is 35.8 Å². The van der Waals surface area contributed by atoms with E-state index in [0.29, 0.717) is 25.3 Å². The summed E-state index contributed by atoms with van der Waals surface area (Å²) in [7, 11) is 0. The summed E-state index contributed by atoms with van der Waals surface area (Å²) in [5.74, 6) is 0.511. The fourth-order valence-corrected chi connectivity index (χ4v) is 2.03. The van der Waals surface area contributed by atoms with Gasteiger partial charge >= 0.3 is 6.03 Å². The Bertz CT molecular complexity index is 256. The second-order valence-electron chi connectivity index (χ2n) is 4.69. The number of amides is 2. The molecule has 4 heteroatoms. The highest BCUT2D eigenvalue weighted by molar-refractivity contribution is 5.81. The van der Waals surface area contributed by atoms with Crippen LogP contribution in [0.25, 0.3) is 0 Å². The molecule has 0 radical (unpaired) electrons. The number of piperidine rings is 1. The van der Waals surface area contributed by atoms with Gasteiger partial charge in [0.15, 0.2) is 0 Å². The zero-order valence-electron chi connectivity index (χ0n) is 10.5. The van der Waals surface area contributed by atoms with Crippen molar-refractivity contribution >= 4 is 11.8 Å². The van der Waals surface area contributed by atoms with Crippen LogP contribution in [0.4, 0.5) is 4.79 Å². The van der Waals surface area contributed by atoms with Gasteiger partial charge in [-0.15, -0.1) is 0 Å². The fourth-order valence-electron chi connectivity index (χ4n) is 2.03. The standard InChI is InChI=1S/C12H22N2O2/c1-4-11(15)10-5-7-14(8-6-10)12(16)13-9(2)3/h9-10H,4-8H2,1-3H3,(H,13,16). The van der Waals surface area contributed by atoms with Crippen LogP contribution in [-0.2, 0) is 4.79 Å². The first-order valence-corrected chi connectivity index (χ1v) is 6.12. The molecule has 2 amide bonds. The Morgan fingerprint density at radius 2 is 1.88 bits per heavy atom. The number of urea groups is 1. The monoisotopic (exact) mass is 226 g/mol. The molecule has 0 aromatic heterocycles. The molecule has 16 heavy (non-hydrogen) atoms. The lowest BCUT2D eigenvalue weighted by Crippen LogP contribution is -2.47. The topological polar surface area (TPSA) is 49.4 Å². The van der Waals surface area contributed by atoms with Crippen molar-refractivity contribution in [2.24, 2.45) is 5.92 Å². The van der Waals surface area contributed by atoms with E-state index >= 15 is 0 Å². The van der Waals surface area contributed by atoms with Gasteiger partial charge in [0.25, 0.3) is 0 Å². The molecule has 92 valence electrons. The lowest BCUT2D eigenvalue weighted by molar-refractivity contribution is -0.123. The van der Waals surface area contributed by atoms with Crippen LogP contribution in [0, 0.1) is 5.92 Å². The number of carbonyl (C=O) groups excluding carboxylic acids is 2. The van der Waals surface area contributed by atoms with Gasteiger partial charge in [-0.3, -0.25) is 4.79 Å². The van der Waals surface area contributed by atoms with Gasteiger partial charge in [-0.25, -0.2) is 4.79 Å². The van der Waals surface area contributed by atoms with Gasteiger partial charge in [-0.2, -0.15) is 0 Å². The molecule has 1 rings (SSSR count). The van der Waals surface area contributed by atoms with Gasteiger partial charge in [0.2, 0.25) is 0 Å². The van der Waals surface area contributed by atoms with E-state index in [1.807, 2.05) is 20.8 Å². The number of hydrogen-bond acceptors (Lipinski definition) is 2. The van der Waals surface area contributed by atoms with Crippen molar-refractivity contribution in [3.63, 3.8) is 0 Å². The SMILES string of the molecule is CCC(=O)C1CCN(C(=O)NC(C)C)CC1. The van der Waals surface area contributed by atoms with E-state index in [4.69, 9.17) is 0 Å².